The third-order valence-corrected chi connectivity index (χ3v) is 16.7. The number of aliphatic hydroxyl groups excluding tert-OH is 1. The van der Waals surface area contributed by atoms with Crippen molar-refractivity contribution in [3.63, 3.8) is 0 Å². The lowest BCUT2D eigenvalue weighted by atomic mass is 9.91. The van der Waals surface area contributed by atoms with Crippen LogP contribution in [0.15, 0.2) is 17.3 Å². The number of aliphatic hydroxyl groups is 1. The predicted octanol–water partition coefficient (Wildman–Crippen LogP) is 2.87. The van der Waals surface area contributed by atoms with Crippen molar-refractivity contribution in [2.24, 2.45) is 40.7 Å². The summed E-state index contributed by atoms with van der Waals surface area (Å²) in [5.74, 6) is -10.3. The minimum Gasteiger partial charge on any atom is -0.411 e. The Morgan fingerprint density at radius 1 is 0.544 bits per heavy atom. The second-order valence-electron chi connectivity index (χ2n) is 26.4. The topological polar surface area (TPSA) is 321 Å². The fourth-order valence-corrected chi connectivity index (χ4v) is 11.1. The number of unbranched alkanes of at least 4 members (excludes halogenated alkanes) is 1. The van der Waals surface area contributed by atoms with Crippen LogP contribution in [0.3, 0.4) is 0 Å². The molecule has 0 radical (unpaired) electrons. The van der Waals surface area contributed by atoms with E-state index in [0.29, 0.717) is 12.8 Å². The standard InChI is InChI=1S/C64H114N12O14/c1-24-26-29-41(13)54(78)53-58(82)68-45(25-2)60(84)70(17)35-49(77)74(21)52(44(16)90-31-28-27-30-65-89)57(81)69-50(39(9)10)63(87)71(18)46(32-36(3)4)56(80)66-42(14)55(79)67-43(15)59(83)72(19)47(33-37(5)6)61(85)73(20)48(34-38(7)8)62(86)75(22)51(40(11)12)64(88)76(53)23/h24,26,30,36-48,50-54,78,89H,25,27-29,31-35H2,1-23H3,(H,66,80)(H,67,79)(H,68,82)(H,69,81)/b26-24+,65-30+/t41-,42+,43-,44-,45+,46+,47+,48+,50+,51+,52+,53+,54-/m1/s1. The minimum atomic E-state index is -1.65. The summed E-state index contributed by atoms with van der Waals surface area (Å²) >= 11 is 0. The number of amides is 11. The number of carbonyl (C=O) groups excluding carboxylic acids is 11. The Kier molecular flexibility index (Phi) is 34.5. The summed E-state index contributed by atoms with van der Waals surface area (Å²) in [7, 11) is 9.70. The third kappa shape index (κ3) is 23.2. The molecule has 1 saturated heterocycles. The number of ether oxygens (including phenoxy) is 1. The van der Waals surface area contributed by atoms with Gasteiger partial charge in [0.05, 0.1) is 18.8 Å². The largest absolute Gasteiger partial charge is 0.411 e. The molecule has 0 aromatic rings. The SMILES string of the molecule is C/C=C/C[C@@H](C)[C@@H](O)[C@H]1C(=O)N[C@@H](CC)C(=O)N(C)CC(=O)N(C)[C@@H]([C@@H](C)OCCC/C=N/O)C(=O)N[C@@H](C(C)C)C(=O)N(C)[C@@H](CC(C)C)C(=O)N[C@@H](C)C(=O)N[C@H](C)C(=O)N(C)[C@@H](CC(C)C)C(=O)N(C)[C@@H](CC(C)C)C(=O)N(C)[C@@H](C(C)C)C(=O)N1C. The van der Waals surface area contributed by atoms with Gasteiger partial charge in [-0.05, 0) is 108 Å². The van der Waals surface area contributed by atoms with Crippen molar-refractivity contribution in [3.8, 4) is 0 Å². The quantitative estimate of drug-likeness (QED) is 0.0356. The molecule has 1 aliphatic heterocycles. The number of hydrogen-bond acceptors (Lipinski definition) is 15. The number of hydrogen-bond donors (Lipinski definition) is 6. The van der Waals surface area contributed by atoms with Crippen molar-refractivity contribution in [2.45, 2.75) is 228 Å². The lowest BCUT2D eigenvalue weighted by Crippen LogP contribution is -2.63. The maximum absolute atomic E-state index is 15.2. The van der Waals surface area contributed by atoms with Gasteiger partial charge in [0.1, 0.15) is 60.4 Å². The van der Waals surface area contributed by atoms with Crippen LogP contribution in [0.5, 0.6) is 0 Å². The van der Waals surface area contributed by atoms with Gasteiger partial charge in [-0.15, -0.1) is 5.16 Å². The van der Waals surface area contributed by atoms with Gasteiger partial charge in [0.25, 0.3) is 0 Å². The van der Waals surface area contributed by atoms with Gasteiger partial charge in [-0.1, -0.05) is 95.2 Å². The van der Waals surface area contributed by atoms with E-state index in [1.807, 2.05) is 41.5 Å². The Balaban J connectivity index is 4.39. The predicted molar refractivity (Wildman–Crippen MR) is 344 cm³/mol. The van der Waals surface area contributed by atoms with Crippen molar-refractivity contribution >= 4 is 71.2 Å². The highest BCUT2D eigenvalue weighted by Gasteiger charge is 2.46. The molecule has 0 aromatic heterocycles. The van der Waals surface area contributed by atoms with Gasteiger partial charge < -0.3 is 70.6 Å². The maximum atomic E-state index is 15.2. The molecule has 0 bridgehead atoms. The minimum absolute atomic E-state index is 0.0203. The molecule has 0 unspecified atom stereocenters. The molecule has 1 fully saturated rings. The van der Waals surface area contributed by atoms with Gasteiger partial charge in [-0.2, -0.15) is 0 Å². The van der Waals surface area contributed by atoms with Crippen molar-refractivity contribution in [1.29, 1.82) is 0 Å². The average molecular weight is 1280 g/mol. The van der Waals surface area contributed by atoms with Crippen LogP contribution in [-0.2, 0) is 57.5 Å². The maximum Gasteiger partial charge on any atom is 0.246 e. The van der Waals surface area contributed by atoms with E-state index >= 15 is 9.59 Å². The summed E-state index contributed by atoms with van der Waals surface area (Å²) in [5.41, 5.74) is 0. The molecule has 1 aliphatic rings. The van der Waals surface area contributed by atoms with E-state index in [0.717, 1.165) is 14.7 Å². The van der Waals surface area contributed by atoms with Crippen LogP contribution in [0.1, 0.15) is 156 Å². The molecule has 26 nitrogen and oxygen atoms in total. The number of oxime groups is 1. The first-order valence-electron chi connectivity index (χ1n) is 31.9. The van der Waals surface area contributed by atoms with Crippen LogP contribution in [0.4, 0.5) is 0 Å². The Bertz CT molecular complexity index is 2470. The van der Waals surface area contributed by atoms with E-state index in [2.05, 4.69) is 26.4 Å². The van der Waals surface area contributed by atoms with Crippen LogP contribution >= 0.6 is 0 Å². The lowest BCUT2D eigenvalue weighted by Gasteiger charge is -2.41. The zero-order chi connectivity index (χ0) is 69.5. The van der Waals surface area contributed by atoms with Crippen LogP contribution in [-0.4, -0.2) is 251 Å². The molecule has 11 amide bonds. The van der Waals surface area contributed by atoms with Gasteiger partial charge in [0.2, 0.25) is 65.0 Å². The molecule has 26 heteroatoms. The van der Waals surface area contributed by atoms with E-state index in [9.17, 15) is 48.3 Å². The molecule has 0 aromatic carbocycles. The zero-order valence-electron chi connectivity index (χ0n) is 58.4. The van der Waals surface area contributed by atoms with E-state index in [-0.39, 0.29) is 56.5 Å². The Morgan fingerprint density at radius 2 is 1.02 bits per heavy atom. The summed E-state index contributed by atoms with van der Waals surface area (Å²) < 4.78 is 6.08. The van der Waals surface area contributed by atoms with Crippen molar-refractivity contribution < 1.29 is 67.8 Å². The molecular weight excluding hydrogens is 1160 g/mol. The third-order valence-electron chi connectivity index (χ3n) is 16.7. The zero-order valence-corrected chi connectivity index (χ0v) is 58.4. The van der Waals surface area contributed by atoms with Gasteiger partial charge in [0.15, 0.2) is 0 Å². The summed E-state index contributed by atoms with van der Waals surface area (Å²) in [4.78, 5) is 170. The number of nitrogens with zero attached hydrogens (tertiary/aromatic N) is 8. The van der Waals surface area contributed by atoms with Crippen molar-refractivity contribution in [3.05, 3.63) is 12.2 Å². The summed E-state index contributed by atoms with van der Waals surface area (Å²) in [5, 5.41) is 35.0. The van der Waals surface area contributed by atoms with E-state index in [4.69, 9.17) is 9.94 Å². The fraction of sp³-hybridized carbons (Fsp3) is 0.781. The highest BCUT2D eigenvalue weighted by molar-refractivity contribution is 5.99. The van der Waals surface area contributed by atoms with Gasteiger partial charge in [-0.25, -0.2) is 0 Å². The first-order valence-corrected chi connectivity index (χ1v) is 31.9. The van der Waals surface area contributed by atoms with Gasteiger partial charge in [-0.3, -0.25) is 52.7 Å². The summed E-state index contributed by atoms with van der Waals surface area (Å²) in [6, 6.07) is -13.0. The van der Waals surface area contributed by atoms with E-state index in [1.54, 1.807) is 67.5 Å². The molecule has 1 heterocycles. The van der Waals surface area contributed by atoms with E-state index in [1.165, 1.54) is 89.0 Å². The highest BCUT2D eigenvalue weighted by atomic mass is 16.5. The Hall–Kier alpha value is -6.70. The average Bonchev–Trinajstić information content (AvgIpc) is 0.863. The number of nitrogens with one attached hydrogen (secondary N) is 4. The second kappa shape index (κ2) is 38.2. The van der Waals surface area contributed by atoms with Crippen LogP contribution in [0.25, 0.3) is 0 Å². The van der Waals surface area contributed by atoms with Crippen molar-refractivity contribution in [2.75, 3.05) is 62.5 Å². The summed E-state index contributed by atoms with van der Waals surface area (Å²) in [6.45, 7) is 26.8. The smallest absolute Gasteiger partial charge is 0.246 e. The van der Waals surface area contributed by atoms with Gasteiger partial charge in [0, 0.05) is 62.2 Å². The molecule has 6 N–H and O–H groups in total. The monoisotopic (exact) mass is 1270 g/mol. The van der Waals surface area contributed by atoms with Crippen LogP contribution < -0.4 is 21.3 Å². The molecule has 514 valence electrons. The number of carbonyl (C=O) groups is 11. The first-order chi connectivity index (χ1) is 41.8. The molecule has 0 aliphatic carbocycles. The molecular formula is C64H114N12O14. The number of rotatable bonds is 19. The van der Waals surface area contributed by atoms with Crippen LogP contribution in [0.2, 0.25) is 0 Å². The number of allylic oxidation sites excluding steroid dienone is 2. The fourth-order valence-electron chi connectivity index (χ4n) is 11.1. The first kappa shape index (κ1) is 81.3. The molecule has 1 rings (SSSR count). The normalized spacial score (nSPS) is 26.5. The van der Waals surface area contributed by atoms with Crippen LogP contribution in [0, 0.1) is 35.5 Å². The second-order valence-corrected chi connectivity index (χ2v) is 26.4. The number of likely N-dealkylation sites (N-methyl/N-ethyl adjacent to an activating group) is 7. The molecule has 0 spiro atoms. The van der Waals surface area contributed by atoms with E-state index < -0.39 is 162 Å². The Morgan fingerprint density at radius 3 is 1.51 bits per heavy atom. The highest BCUT2D eigenvalue weighted by Crippen LogP contribution is 2.26. The Labute approximate surface area is 536 Å². The molecule has 0 saturated carbocycles. The molecule has 13 atom stereocenters. The van der Waals surface area contributed by atoms with Gasteiger partial charge >= 0.3 is 0 Å². The molecule has 90 heavy (non-hydrogen) atoms. The lowest BCUT2D eigenvalue weighted by molar-refractivity contribution is -0.157. The summed E-state index contributed by atoms with van der Waals surface area (Å²) in [6.07, 6.45) is 3.58. The van der Waals surface area contributed by atoms with Crippen molar-refractivity contribution in [1.82, 2.24) is 55.6 Å².